The van der Waals surface area contributed by atoms with Crippen LogP contribution in [0, 0.1) is 0 Å². The summed E-state index contributed by atoms with van der Waals surface area (Å²) in [4.78, 5) is 35.7. The zero-order chi connectivity index (χ0) is 43.6. The van der Waals surface area contributed by atoms with Gasteiger partial charge in [0.1, 0.15) is 43.2 Å². The molecule has 1 fully saturated rings. The molecule has 1 aliphatic carbocycles. The Morgan fingerprint density at radius 1 is 0.508 bits per heavy atom. The predicted octanol–water partition coefficient (Wildman–Crippen LogP) is 8.84. The Hall–Kier alpha value is -1.67. The number of allylic oxidation sites excluding steroid dienone is 4. The van der Waals surface area contributed by atoms with Gasteiger partial charge in [-0.2, -0.15) is 0 Å². The number of hydrogen-bond acceptors (Lipinski definition) is 12. The normalized spacial score (nSPS) is 22.5. The third-order valence-electron chi connectivity index (χ3n) is 10.8. The first-order chi connectivity index (χ1) is 28.4. The molecule has 59 heavy (non-hydrogen) atoms. The van der Waals surface area contributed by atoms with Crippen LogP contribution in [0.2, 0.25) is 0 Å². The molecular formula is C45H83O13P. The lowest BCUT2D eigenvalue weighted by atomic mass is 9.85. The first kappa shape index (κ1) is 55.3. The van der Waals surface area contributed by atoms with Crippen molar-refractivity contribution in [3.05, 3.63) is 24.3 Å². The molecule has 0 radical (unpaired) electrons. The summed E-state index contributed by atoms with van der Waals surface area (Å²) in [5.74, 6) is -1.13. The van der Waals surface area contributed by atoms with E-state index < -0.39 is 75.7 Å². The van der Waals surface area contributed by atoms with Gasteiger partial charge in [0, 0.05) is 12.8 Å². The Balaban J connectivity index is 2.48. The summed E-state index contributed by atoms with van der Waals surface area (Å²) < 4.78 is 33.5. The van der Waals surface area contributed by atoms with E-state index in [0.29, 0.717) is 12.8 Å². The van der Waals surface area contributed by atoms with Crippen LogP contribution in [0.5, 0.6) is 0 Å². The second-order valence-corrected chi connectivity index (χ2v) is 17.7. The van der Waals surface area contributed by atoms with Crippen LogP contribution in [0.3, 0.4) is 0 Å². The maximum Gasteiger partial charge on any atom is 0.472 e. The summed E-state index contributed by atoms with van der Waals surface area (Å²) in [5.41, 5.74) is 0. The standard InChI is InChI=1S/C45H83O13P/c1-3-5-7-9-11-13-15-17-19-21-23-25-27-29-31-33-38(46)55-35-37(36-56-59(53,54)58-45-43(51)41(49)40(48)42(50)44(45)52)57-39(47)34-32-30-28-26-24-22-20-18-16-14-12-10-8-6-4-2/h13,15,24,26,37,40-45,48-52H,3-12,14,16-23,25,27-36H2,1-2H3,(H,53,54)/b15-13+,26-24+/t37-,40?,41-,42?,43?,44?,45?/m1/s1. The molecule has 0 aromatic heterocycles. The van der Waals surface area contributed by atoms with Crippen LogP contribution in [0.15, 0.2) is 24.3 Å². The maximum atomic E-state index is 12.8. The van der Waals surface area contributed by atoms with Crippen molar-refractivity contribution in [3.8, 4) is 0 Å². The number of unbranched alkanes of at least 4 members (excludes halogenated alkanes) is 22. The monoisotopic (exact) mass is 863 g/mol. The molecule has 0 spiro atoms. The first-order valence-electron chi connectivity index (χ1n) is 23.1. The molecule has 1 aliphatic rings. The molecule has 8 atom stereocenters. The zero-order valence-electron chi connectivity index (χ0n) is 36.6. The highest BCUT2D eigenvalue weighted by Crippen LogP contribution is 2.47. The Kier molecular flexibility index (Phi) is 33.7. The van der Waals surface area contributed by atoms with Crippen molar-refractivity contribution < 1.29 is 63.1 Å². The number of rotatable bonds is 38. The molecule has 0 aliphatic heterocycles. The van der Waals surface area contributed by atoms with Crippen LogP contribution in [0.1, 0.15) is 194 Å². The lowest BCUT2D eigenvalue weighted by Gasteiger charge is -2.41. The minimum Gasteiger partial charge on any atom is -0.462 e. The van der Waals surface area contributed by atoms with E-state index in [4.69, 9.17) is 18.5 Å². The van der Waals surface area contributed by atoms with Crippen molar-refractivity contribution in [2.45, 2.75) is 236 Å². The molecule has 1 saturated carbocycles. The smallest absolute Gasteiger partial charge is 0.462 e. The van der Waals surface area contributed by atoms with Gasteiger partial charge in [0.25, 0.3) is 0 Å². The van der Waals surface area contributed by atoms with Crippen LogP contribution in [0.4, 0.5) is 0 Å². The van der Waals surface area contributed by atoms with E-state index in [1.807, 2.05) is 0 Å². The summed E-state index contributed by atoms with van der Waals surface area (Å²) in [7, 11) is -5.12. The molecular weight excluding hydrogens is 779 g/mol. The van der Waals surface area contributed by atoms with Gasteiger partial charge in [-0.05, 0) is 64.2 Å². The van der Waals surface area contributed by atoms with Crippen molar-refractivity contribution in [1.82, 2.24) is 0 Å². The van der Waals surface area contributed by atoms with Crippen LogP contribution in [-0.2, 0) is 32.7 Å². The number of phosphoric acid groups is 1. The van der Waals surface area contributed by atoms with Gasteiger partial charge < -0.3 is 39.9 Å². The Morgan fingerprint density at radius 3 is 1.34 bits per heavy atom. The van der Waals surface area contributed by atoms with Crippen molar-refractivity contribution in [2.24, 2.45) is 0 Å². The summed E-state index contributed by atoms with van der Waals surface area (Å²) in [6, 6.07) is 0. The molecule has 0 aromatic rings. The van der Waals surface area contributed by atoms with E-state index in [0.717, 1.165) is 51.4 Å². The van der Waals surface area contributed by atoms with Gasteiger partial charge in [0.15, 0.2) is 6.10 Å². The SMILES string of the molecule is CCCCCC/C=C/CCCCCCCCCC(=O)OC[C@H](COP(=O)(O)OC1C(O)C(O)C(O)[C@@H](O)C1O)OC(=O)CCCC/C=C/CCCCCCCCCCC. The molecule has 6 unspecified atom stereocenters. The number of carbonyl (C=O) groups is 2. The molecule has 0 saturated heterocycles. The maximum absolute atomic E-state index is 12.8. The number of aliphatic hydroxyl groups is 5. The van der Waals surface area contributed by atoms with E-state index in [1.165, 1.54) is 103 Å². The number of ether oxygens (including phenoxy) is 2. The van der Waals surface area contributed by atoms with E-state index in [1.54, 1.807) is 0 Å². The fourth-order valence-corrected chi connectivity index (χ4v) is 7.95. The Morgan fingerprint density at radius 2 is 0.864 bits per heavy atom. The van der Waals surface area contributed by atoms with Crippen LogP contribution >= 0.6 is 7.82 Å². The number of hydrogen-bond donors (Lipinski definition) is 6. The average Bonchev–Trinajstić information content (AvgIpc) is 3.21. The van der Waals surface area contributed by atoms with Crippen molar-refractivity contribution >= 4 is 19.8 Å². The molecule has 14 heteroatoms. The van der Waals surface area contributed by atoms with Crippen LogP contribution in [-0.4, -0.2) is 98.3 Å². The van der Waals surface area contributed by atoms with Gasteiger partial charge in [0.2, 0.25) is 0 Å². The highest BCUT2D eigenvalue weighted by Gasteiger charge is 2.51. The van der Waals surface area contributed by atoms with Gasteiger partial charge in [-0.3, -0.25) is 18.6 Å². The number of carbonyl (C=O) groups excluding carboxylic acids is 2. The minimum atomic E-state index is -5.12. The van der Waals surface area contributed by atoms with Crippen LogP contribution < -0.4 is 0 Å². The van der Waals surface area contributed by atoms with Gasteiger partial charge in [0.05, 0.1) is 6.61 Å². The lowest BCUT2D eigenvalue weighted by molar-refractivity contribution is -0.220. The summed E-state index contributed by atoms with van der Waals surface area (Å²) in [6.07, 6.45) is 25.2. The molecule has 13 nitrogen and oxygen atoms in total. The fraction of sp³-hybridized carbons (Fsp3) is 0.867. The average molecular weight is 863 g/mol. The van der Waals surface area contributed by atoms with E-state index in [9.17, 15) is 44.6 Å². The number of aliphatic hydroxyl groups excluding tert-OH is 5. The van der Waals surface area contributed by atoms with E-state index >= 15 is 0 Å². The second kappa shape index (κ2) is 35.9. The van der Waals surface area contributed by atoms with Crippen molar-refractivity contribution in [2.75, 3.05) is 13.2 Å². The molecule has 346 valence electrons. The topological polar surface area (TPSA) is 210 Å². The first-order valence-corrected chi connectivity index (χ1v) is 24.6. The molecule has 6 N–H and O–H groups in total. The van der Waals surface area contributed by atoms with Gasteiger partial charge in [-0.1, -0.05) is 141 Å². The Bertz CT molecular complexity index is 1130. The summed E-state index contributed by atoms with van der Waals surface area (Å²) >= 11 is 0. The molecule has 0 bridgehead atoms. The highest BCUT2D eigenvalue weighted by molar-refractivity contribution is 7.47. The number of phosphoric ester groups is 1. The van der Waals surface area contributed by atoms with E-state index in [-0.39, 0.29) is 12.8 Å². The summed E-state index contributed by atoms with van der Waals surface area (Å²) in [6.45, 7) is 3.27. The fourth-order valence-electron chi connectivity index (χ4n) is 6.98. The quantitative estimate of drug-likeness (QED) is 0.0149. The Labute approximate surface area is 356 Å². The van der Waals surface area contributed by atoms with Gasteiger partial charge >= 0.3 is 19.8 Å². The highest BCUT2D eigenvalue weighted by atomic mass is 31.2. The molecule has 0 amide bonds. The van der Waals surface area contributed by atoms with Crippen LogP contribution in [0.25, 0.3) is 0 Å². The minimum absolute atomic E-state index is 0.0677. The van der Waals surface area contributed by atoms with E-state index in [2.05, 4.69) is 38.2 Å². The predicted molar refractivity (Wildman–Crippen MR) is 230 cm³/mol. The summed E-state index contributed by atoms with van der Waals surface area (Å²) in [5, 5.41) is 50.1. The third kappa shape index (κ3) is 28.5. The lowest BCUT2D eigenvalue weighted by Crippen LogP contribution is -2.64. The van der Waals surface area contributed by atoms with Gasteiger partial charge in [-0.25, -0.2) is 4.57 Å². The zero-order valence-corrected chi connectivity index (χ0v) is 37.4. The second-order valence-electron chi connectivity index (χ2n) is 16.3. The number of esters is 2. The third-order valence-corrected chi connectivity index (χ3v) is 11.8. The van der Waals surface area contributed by atoms with Gasteiger partial charge in [-0.15, -0.1) is 0 Å². The van der Waals surface area contributed by atoms with Crippen molar-refractivity contribution in [3.63, 3.8) is 0 Å². The molecule has 1 rings (SSSR count). The molecule has 0 aromatic carbocycles. The van der Waals surface area contributed by atoms with Crippen molar-refractivity contribution in [1.29, 1.82) is 0 Å². The molecule has 0 heterocycles. The largest absolute Gasteiger partial charge is 0.472 e.